The molecule has 1 aliphatic rings. The topological polar surface area (TPSA) is 19.0 Å². The fourth-order valence-corrected chi connectivity index (χ4v) is 6.67. The molecule has 0 atom stereocenters. The number of aryl methyl sites for hydroxylation is 1. The Labute approximate surface area is 221 Å². The van der Waals surface area contributed by atoms with Gasteiger partial charge in [-0.25, -0.2) is 0 Å². The van der Waals surface area contributed by atoms with E-state index in [1.165, 1.54) is 70.9 Å². The highest BCUT2D eigenvalue weighted by molar-refractivity contribution is 7.99. The monoisotopic (exact) mass is 494 g/mol. The van der Waals surface area contributed by atoms with Gasteiger partial charge in [-0.05, 0) is 78.2 Å². The van der Waals surface area contributed by atoms with Gasteiger partial charge in [-0.1, -0.05) is 84.6 Å². The standard InChI is InChI=1S/C34H26N2S/c1-3-26(34-22(2)33-27-14-8-7-11-23(27)17-19-28(33)35-34)24-18-20-32-30(21-24)36(25-12-5-4-6-13-25)29-15-9-10-16-31(29)37-32/h3-21,35H,1-2H3/b26-3-. The number of nitrogens with zero attached hydrogens (tertiary/aromatic N) is 1. The third kappa shape index (κ3) is 3.50. The molecule has 3 heteroatoms. The summed E-state index contributed by atoms with van der Waals surface area (Å²) in [5.41, 5.74) is 9.69. The van der Waals surface area contributed by atoms with Gasteiger partial charge >= 0.3 is 0 Å². The van der Waals surface area contributed by atoms with E-state index in [0.717, 1.165) is 0 Å². The van der Waals surface area contributed by atoms with Crippen LogP contribution in [0.2, 0.25) is 0 Å². The summed E-state index contributed by atoms with van der Waals surface area (Å²) in [5, 5.41) is 3.87. The Bertz CT molecular complexity index is 1830. The average molecular weight is 495 g/mol. The maximum absolute atomic E-state index is 3.76. The molecule has 1 N–H and O–H groups in total. The summed E-state index contributed by atoms with van der Waals surface area (Å²) in [6, 6.07) is 39.3. The van der Waals surface area contributed by atoms with E-state index in [1.807, 2.05) is 11.8 Å². The molecule has 5 aromatic carbocycles. The molecule has 0 radical (unpaired) electrons. The number of benzene rings is 5. The van der Waals surface area contributed by atoms with Crippen LogP contribution in [0.5, 0.6) is 0 Å². The van der Waals surface area contributed by atoms with Gasteiger partial charge in [0, 0.05) is 37.6 Å². The first-order valence-corrected chi connectivity index (χ1v) is 13.5. The van der Waals surface area contributed by atoms with Gasteiger partial charge in [-0.15, -0.1) is 0 Å². The molecule has 0 fully saturated rings. The molecule has 0 unspecified atom stereocenters. The van der Waals surface area contributed by atoms with Crippen LogP contribution in [0.15, 0.2) is 125 Å². The first-order valence-electron chi connectivity index (χ1n) is 12.7. The number of fused-ring (bicyclic) bond motifs is 5. The highest BCUT2D eigenvalue weighted by atomic mass is 32.2. The number of H-pyrrole nitrogens is 1. The Balaban J connectivity index is 1.40. The molecule has 7 rings (SSSR count). The van der Waals surface area contributed by atoms with Crippen molar-refractivity contribution in [2.24, 2.45) is 0 Å². The van der Waals surface area contributed by atoms with Crippen molar-refractivity contribution in [1.29, 1.82) is 0 Å². The van der Waals surface area contributed by atoms with Crippen molar-refractivity contribution >= 4 is 56.1 Å². The second kappa shape index (κ2) is 8.72. The predicted octanol–water partition coefficient (Wildman–Crippen LogP) is 10.0. The summed E-state index contributed by atoms with van der Waals surface area (Å²) in [4.78, 5) is 8.69. The van der Waals surface area contributed by atoms with Gasteiger partial charge < -0.3 is 9.88 Å². The summed E-state index contributed by atoms with van der Waals surface area (Å²) in [6.07, 6.45) is 2.23. The van der Waals surface area contributed by atoms with Crippen LogP contribution in [0.1, 0.15) is 23.7 Å². The molecule has 2 heterocycles. The summed E-state index contributed by atoms with van der Waals surface area (Å²) in [5.74, 6) is 0. The van der Waals surface area contributed by atoms with E-state index < -0.39 is 0 Å². The predicted molar refractivity (Wildman–Crippen MR) is 159 cm³/mol. The first-order chi connectivity index (χ1) is 18.2. The fraction of sp³-hybridized carbons (Fsp3) is 0.0588. The van der Waals surface area contributed by atoms with E-state index in [0.29, 0.717) is 0 Å². The zero-order valence-corrected chi connectivity index (χ0v) is 21.6. The minimum Gasteiger partial charge on any atom is -0.354 e. The van der Waals surface area contributed by atoms with E-state index in [1.54, 1.807) is 0 Å². The lowest BCUT2D eigenvalue weighted by Crippen LogP contribution is -2.15. The smallest absolute Gasteiger partial charge is 0.0607 e. The fourth-order valence-electron chi connectivity index (χ4n) is 5.64. The number of rotatable bonds is 3. The van der Waals surface area contributed by atoms with Crippen LogP contribution in [0.25, 0.3) is 27.2 Å². The molecule has 1 aliphatic heterocycles. The van der Waals surface area contributed by atoms with Crippen LogP contribution in [-0.4, -0.2) is 4.98 Å². The molecular weight excluding hydrogens is 468 g/mol. The minimum absolute atomic E-state index is 1.17. The van der Waals surface area contributed by atoms with Crippen molar-refractivity contribution in [2.45, 2.75) is 23.6 Å². The molecule has 0 spiro atoms. The largest absolute Gasteiger partial charge is 0.354 e. The van der Waals surface area contributed by atoms with E-state index in [9.17, 15) is 0 Å². The van der Waals surface area contributed by atoms with Crippen molar-refractivity contribution in [3.63, 3.8) is 0 Å². The van der Waals surface area contributed by atoms with E-state index >= 15 is 0 Å². The molecular formula is C34H26N2S. The number of aromatic amines is 1. The van der Waals surface area contributed by atoms with Crippen LogP contribution in [0, 0.1) is 6.92 Å². The highest BCUT2D eigenvalue weighted by Crippen LogP contribution is 2.52. The van der Waals surface area contributed by atoms with Gasteiger partial charge in [0.2, 0.25) is 0 Å². The zero-order valence-electron chi connectivity index (χ0n) is 20.8. The molecule has 178 valence electrons. The van der Waals surface area contributed by atoms with E-state index in [2.05, 4.69) is 139 Å². The number of nitrogens with one attached hydrogen (secondary N) is 1. The summed E-state index contributed by atoms with van der Waals surface area (Å²) >= 11 is 1.84. The lowest BCUT2D eigenvalue weighted by Gasteiger charge is -2.33. The quantitative estimate of drug-likeness (QED) is 0.263. The zero-order chi connectivity index (χ0) is 24.9. The van der Waals surface area contributed by atoms with Crippen LogP contribution in [0.4, 0.5) is 17.1 Å². The van der Waals surface area contributed by atoms with E-state index in [-0.39, 0.29) is 0 Å². The molecule has 0 bridgehead atoms. The van der Waals surface area contributed by atoms with E-state index in [4.69, 9.17) is 0 Å². The molecule has 0 saturated carbocycles. The second-order valence-electron chi connectivity index (χ2n) is 9.46. The normalized spacial score (nSPS) is 13.1. The summed E-state index contributed by atoms with van der Waals surface area (Å²) in [7, 11) is 0. The second-order valence-corrected chi connectivity index (χ2v) is 10.5. The number of aromatic nitrogens is 1. The van der Waals surface area contributed by atoms with Gasteiger partial charge in [0.05, 0.1) is 11.4 Å². The van der Waals surface area contributed by atoms with Gasteiger partial charge in [0.25, 0.3) is 0 Å². The Morgan fingerprint density at radius 3 is 2.38 bits per heavy atom. The minimum atomic E-state index is 1.17. The van der Waals surface area contributed by atoms with Crippen LogP contribution >= 0.6 is 11.8 Å². The third-order valence-corrected chi connectivity index (χ3v) is 8.48. The van der Waals surface area contributed by atoms with Crippen LogP contribution in [0.3, 0.4) is 0 Å². The molecule has 6 aromatic rings. The summed E-state index contributed by atoms with van der Waals surface area (Å²) < 4.78 is 0. The Kier molecular flexibility index (Phi) is 5.19. The van der Waals surface area contributed by atoms with Crippen molar-refractivity contribution in [3.05, 3.63) is 132 Å². The maximum Gasteiger partial charge on any atom is 0.0607 e. The number of allylic oxidation sites excluding steroid dienone is 1. The van der Waals surface area contributed by atoms with Crippen molar-refractivity contribution in [2.75, 3.05) is 4.90 Å². The van der Waals surface area contributed by atoms with Crippen molar-refractivity contribution in [3.8, 4) is 0 Å². The van der Waals surface area contributed by atoms with Gasteiger partial charge in [-0.2, -0.15) is 0 Å². The molecule has 1 aromatic heterocycles. The molecule has 0 amide bonds. The number of hydrogen-bond donors (Lipinski definition) is 1. The molecule has 0 aliphatic carbocycles. The Morgan fingerprint density at radius 1 is 0.757 bits per heavy atom. The van der Waals surface area contributed by atoms with Gasteiger partial charge in [0.1, 0.15) is 0 Å². The molecule has 2 nitrogen and oxygen atoms in total. The van der Waals surface area contributed by atoms with Gasteiger partial charge in [0.15, 0.2) is 0 Å². The van der Waals surface area contributed by atoms with Crippen LogP contribution in [-0.2, 0) is 0 Å². The van der Waals surface area contributed by atoms with Gasteiger partial charge in [-0.3, -0.25) is 0 Å². The highest BCUT2D eigenvalue weighted by Gasteiger charge is 2.26. The number of para-hydroxylation sites is 2. The third-order valence-electron chi connectivity index (χ3n) is 7.35. The van der Waals surface area contributed by atoms with Crippen LogP contribution < -0.4 is 4.90 Å². The first kappa shape index (κ1) is 22.0. The average Bonchev–Trinajstić information content (AvgIpc) is 3.29. The Morgan fingerprint density at radius 2 is 1.51 bits per heavy atom. The Hall–Kier alpha value is -4.21. The SMILES string of the molecule is C/C=C(/c1ccc2c(c1)N(c1ccccc1)c1ccccc1S2)c1[nH]c2ccc3ccccc3c2c1C. The van der Waals surface area contributed by atoms with Crippen molar-refractivity contribution in [1.82, 2.24) is 4.98 Å². The lowest BCUT2D eigenvalue weighted by molar-refractivity contribution is 1.16. The molecule has 37 heavy (non-hydrogen) atoms. The molecule has 0 saturated heterocycles. The maximum atomic E-state index is 3.76. The number of hydrogen-bond acceptors (Lipinski definition) is 2. The van der Waals surface area contributed by atoms with Crippen molar-refractivity contribution < 1.29 is 0 Å². The summed E-state index contributed by atoms with van der Waals surface area (Å²) in [6.45, 7) is 4.38. The number of anilines is 3. The lowest BCUT2D eigenvalue weighted by atomic mass is 9.97.